The van der Waals surface area contributed by atoms with Crippen LogP contribution in [-0.4, -0.2) is 53.1 Å². The molecule has 5 nitrogen and oxygen atoms in total. The first kappa shape index (κ1) is 17.5. The summed E-state index contributed by atoms with van der Waals surface area (Å²) in [7, 11) is 0. The van der Waals surface area contributed by atoms with Gasteiger partial charge in [-0.15, -0.1) is 6.58 Å². The van der Waals surface area contributed by atoms with Gasteiger partial charge in [0.15, 0.2) is 0 Å². The summed E-state index contributed by atoms with van der Waals surface area (Å²) in [4.78, 5) is 27.6. The summed E-state index contributed by atoms with van der Waals surface area (Å²) in [6.45, 7) is 11.7. The second kappa shape index (κ2) is 7.48. The number of urea groups is 1. The van der Waals surface area contributed by atoms with Gasteiger partial charge in [0.05, 0.1) is 5.41 Å². The molecule has 0 spiro atoms. The van der Waals surface area contributed by atoms with Crippen LogP contribution in [0.4, 0.5) is 4.79 Å². The lowest BCUT2D eigenvalue weighted by molar-refractivity contribution is -0.151. The summed E-state index contributed by atoms with van der Waals surface area (Å²) < 4.78 is 0. The van der Waals surface area contributed by atoms with Gasteiger partial charge in [-0.25, -0.2) is 4.79 Å². The van der Waals surface area contributed by atoms with E-state index in [9.17, 15) is 14.7 Å². The van der Waals surface area contributed by atoms with Crippen LogP contribution in [0.15, 0.2) is 12.7 Å². The molecule has 1 heterocycles. The van der Waals surface area contributed by atoms with Crippen LogP contribution in [-0.2, 0) is 4.79 Å². The van der Waals surface area contributed by atoms with Gasteiger partial charge in [-0.2, -0.15) is 0 Å². The molecule has 5 heteroatoms. The quantitative estimate of drug-likeness (QED) is 0.767. The van der Waals surface area contributed by atoms with Crippen LogP contribution in [0.25, 0.3) is 0 Å². The first-order valence-electron chi connectivity index (χ1n) is 7.72. The van der Waals surface area contributed by atoms with Gasteiger partial charge in [0.2, 0.25) is 0 Å². The maximum Gasteiger partial charge on any atom is 0.320 e. The first-order chi connectivity index (χ1) is 9.84. The minimum atomic E-state index is -0.799. The van der Waals surface area contributed by atoms with Gasteiger partial charge in [-0.05, 0) is 39.0 Å². The van der Waals surface area contributed by atoms with E-state index in [1.807, 2.05) is 6.92 Å². The van der Waals surface area contributed by atoms with E-state index in [0.717, 1.165) is 19.3 Å². The molecular formula is C16H28N2O3. The van der Waals surface area contributed by atoms with Gasteiger partial charge in [0.1, 0.15) is 0 Å². The maximum absolute atomic E-state index is 12.6. The molecule has 0 aromatic heterocycles. The molecule has 0 bridgehead atoms. The number of piperidine rings is 1. The minimum Gasteiger partial charge on any atom is -0.481 e. The topological polar surface area (TPSA) is 60.9 Å². The lowest BCUT2D eigenvalue weighted by atomic mass is 9.74. The number of likely N-dealkylation sites (tertiary alicyclic amines) is 1. The zero-order valence-electron chi connectivity index (χ0n) is 13.5. The van der Waals surface area contributed by atoms with Gasteiger partial charge >= 0.3 is 12.0 Å². The van der Waals surface area contributed by atoms with E-state index in [0.29, 0.717) is 26.2 Å². The van der Waals surface area contributed by atoms with Crippen molar-refractivity contribution in [1.29, 1.82) is 0 Å². The highest BCUT2D eigenvalue weighted by Crippen LogP contribution is 2.34. The van der Waals surface area contributed by atoms with E-state index in [2.05, 4.69) is 6.58 Å². The van der Waals surface area contributed by atoms with Crippen LogP contribution >= 0.6 is 0 Å². The molecule has 1 unspecified atom stereocenters. The van der Waals surface area contributed by atoms with Crippen molar-refractivity contribution in [3.8, 4) is 0 Å². The highest BCUT2D eigenvalue weighted by atomic mass is 16.4. The van der Waals surface area contributed by atoms with Crippen molar-refractivity contribution < 1.29 is 14.7 Å². The van der Waals surface area contributed by atoms with Gasteiger partial charge in [0.25, 0.3) is 0 Å². The number of hydrogen-bond donors (Lipinski definition) is 1. The van der Waals surface area contributed by atoms with E-state index in [1.54, 1.807) is 29.7 Å². The zero-order chi connectivity index (χ0) is 16.0. The lowest BCUT2D eigenvalue weighted by Gasteiger charge is -2.40. The lowest BCUT2D eigenvalue weighted by Crippen LogP contribution is -2.51. The Morgan fingerprint density at radius 1 is 1.48 bits per heavy atom. The molecule has 1 N–H and O–H groups in total. The first-order valence-corrected chi connectivity index (χ1v) is 7.72. The van der Waals surface area contributed by atoms with Crippen molar-refractivity contribution in [2.45, 2.75) is 40.0 Å². The second-order valence-electron chi connectivity index (χ2n) is 6.33. The molecule has 0 saturated carbocycles. The van der Waals surface area contributed by atoms with Gasteiger partial charge in [-0.1, -0.05) is 13.0 Å². The third kappa shape index (κ3) is 4.22. The summed E-state index contributed by atoms with van der Waals surface area (Å²) in [6.07, 6.45) is 4.35. The Kier molecular flexibility index (Phi) is 6.24. The number of carbonyl (C=O) groups is 2. The largest absolute Gasteiger partial charge is 0.481 e. The summed E-state index contributed by atoms with van der Waals surface area (Å²) in [5, 5.41) is 9.37. The molecule has 0 aromatic carbocycles. The van der Waals surface area contributed by atoms with Crippen LogP contribution in [0.3, 0.4) is 0 Å². The predicted molar refractivity (Wildman–Crippen MR) is 83.2 cm³/mol. The molecule has 1 saturated heterocycles. The Bertz CT molecular complexity index is 393. The van der Waals surface area contributed by atoms with Crippen molar-refractivity contribution >= 4 is 12.0 Å². The van der Waals surface area contributed by atoms with E-state index in [4.69, 9.17) is 0 Å². The summed E-state index contributed by atoms with van der Waals surface area (Å²) in [6, 6.07) is 0.00244. The van der Waals surface area contributed by atoms with E-state index in [1.165, 1.54) is 0 Å². The number of carbonyl (C=O) groups excluding carboxylic acids is 1. The fraction of sp³-hybridized carbons (Fsp3) is 0.750. The van der Waals surface area contributed by atoms with Crippen LogP contribution in [0, 0.1) is 11.3 Å². The molecule has 0 aliphatic carbocycles. The molecule has 0 aromatic rings. The standard InChI is InChI=1S/C16H28N2O3/c1-5-9-17(10-6-2)15(21)18-11-7-8-13(12-18)16(3,4)14(19)20/h5,13H,1,6-12H2,2-4H3,(H,19,20). The fourth-order valence-electron chi connectivity index (χ4n) is 2.81. The van der Waals surface area contributed by atoms with Crippen molar-refractivity contribution in [2.24, 2.45) is 11.3 Å². The highest BCUT2D eigenvalue weighted by Gasteiger charge is 2.40. The molecule has 2 amide bonds. The normalized spacial score (nSPS) is 19.2. The molecule has 1 fully saturated rings. The fourth-order valence-corrected chi connectivity index (χ4v) is 2.81. The average Bonchev–Trinajstić information content (AvgIpc) is 2.46. The monoisotopic (exact) mass is 296 g/mol. The van der Waals surface area contributed by atoms with Gasteiger partial charge in [0, 0.05) is 26.2 Å². The van der Waals surface area contributed by atoms with Gasteiger partial charge in [-0.3, -0.25) is 4.79 Å². The Morgan fingerprint density at radius 3 is 2.67 bits per heavy atom. The third-order valence-electron chi connectivity index (χ3n) is 4.38. The van der Waals surface area contributed by atoms with E-state index < -0.39 is 11.4 Å². The molecule has 1 rings (SSSR count). The Labute approximate surface area is 127 Å². The summed E-state index contributed by atoms with van der Waals surface area (Å²) in [5.74, 6) is -0.793. The average molecular weight is 296 g/mol. The number of nitrogens with zero attached hydrogens (tertiary/aromatic N) is 2. The SMILES string of the molecule is C=CCN(CCC)C(=O)N1CCCC(C(C)(C)C(=O)O)C1. The van der Waals surface area contributed by atoms with Crippen LogP contribution in [0.2, 0.25) is 0 Å². The third-order valence-corrected chi connectivity index (χ3v) is 4.38. The molecular weight excluding hydrogens is 268 g/mol. The smallest absolute Gasteiger partial charge is 0.320 e. The maximum atomic E-state index is 12.6. The summed E-state index contributed by atoms with van der Waals surface area (Å²) in [5.41, 5.74) is -0.799. The van der Waals surface area contributed by atoms with E-state index >= 15 is 0 Å². The molecule has 21 heavy (non-hydrogen) atoms. The van der Waals surface area contributed by atoms with Crippen molar-refractivity contribution in [1.82, 2.24) is 9.80 Å². The van der Waals surface area contributed by atoms with Crippen LogP contribution in [0.5, 0.6) is 0 Å². The summed E-state index contributed by atoms with van der Waals surface area (Å²) >= 11 is 0. The zero-order valence-corrected chi connectivity index (χ0v) is 13.5. The van der Waals surface area contributed by atoms with Crippen LogP contribution < -0.4 is 0 Å². The van der Waals surface area contributed by atoms with Crippen molar-refractivity contribution in [2.75, 3.05) is 26.2 Å². The Hall–Kier alpha value is -1.52. The van der Waals surface area contributed by atoms with Crippen LogP contribution in [0.1, 0.15) is 40.0 Å². The van der Waals surface area contributed by atoms with Crippen molar-refractivity contribution in [3.05, 3.63) is 12.7 Å². The highest BCUT2D eigenvalue weighted by molar-refractivity contribution is 5.76. The Balaban J connectivity index is 2.77. The number of hydrogen-bond acceptors (Lipinski definition) is 2. The van der Waals surface area contributed by atoms with Crippen molar-refractivity contribution in [3.63, 3.8) is 0 Å². The molecule has 1 aliphatic heterocycles. The number of rotatable bonds is 6. The predicted octanol–water partition coefficient (Wildman–Crippen LogP) is 2.83. The molecule has 0 radical (unpaired) electrons. The Morgan fingerprint density at radius 2 is 2.14 bits per heavy atom. The minimum absolute atomic E-state index is 0.0000855. The molecule has 1 aliphatic rings. The number of amides is 2. The number of carboxylic acids is 1. The molecule has 120 valence electrons. The number of carboxylic acid groups (broad SMARTS) is 1. The van der Waals surface area contributed by atoms with Gasteiger partial charge < -0.3 is 14.9 Å². The number of aliphatic carboxylic acids is 1. The van der Waals surface area contributed by atoms with E-state index in [-0.39, 0.29) is 11.9 Å². The molecule has 1 atom stereocenters. The second-order valence-corrected chi connectivity index (χ2v) is 6.33.